The number of fused-ring (bicyclic) bond motifs is 1. The van der Waals surface area contributed by atoms with Crippen LogP contribution in [-0.2, 0) is 6.42 Å². The van der Waals surface area contributed by atoms with E-state index in [1.807, 2.05) is 18.2 Å². The molecule has 2 aromatic rings. The smallest absolute Gasteiger partial charge is 0.271 e. The fraction of sp³-hybridized carbons (Fsp3) is 0.125. The molecule has 1 amide bonds. The van der Waals surface area contributed by atoms with E-state index in [-0.39, 0.29) is 5.91 Å². The second-order valence-corrected chi connectivity index (χ2v) is 4.78. The van der Waals surface area contributed by atoms with E-state index in [2.05, 4.69) is 16.6 Å². The summed E-state index contributed by atoms with van der Waals surface area (Å²) >= 11 is 0. The molecule has 0 aromatic heterocycles. The van der Waals surface area contributed by atoms with Crippen LogP contribution >= 0.6 is 0 Å². The fourth-order valence-corrected chi connectivity index (χ4v) is 2.34. The largest absolute Gasteiger partial charge is 0.399 e. The molecule has 0 spiro atoms. The summed E-state index contributed by atoms with van der Waals surface area (Å²) in [5.41, 5.74) is 12.7. The molecule has 4 heteroatoms. The number of anilines is 1. The molecule has 0 fully saturated rings. The van der Waals surface area contributed by atoms with Crippen LogP contribution in [0.5, 0.6) is 0 Å². The van der Waals surface area contributed by atoms with Crippen molar-refractivity contribution in [3.63, 3.8) is 0 Å². The summed E-state index contributed by atoms with van der Waals surface area (Å²) in [6, 6.07) is 14.9. The highest BCUT2D eigenvalue weighted by Crippen LogP contribution is 2.21. The summed E-state index contributed by atoms with van der Waals surface area (Å²) in [5.74, 6) is -0.220. The number of hydrogen-bond acceptors (Lipinski definition) is 3. The van der Waals surface area contributed by atoms with E-state index in [9.17, 15) is 4.79 Å². The Hall–Kier alpha value is -2.62. The van der Waals surface area contributed by atoms with Gasteiger partial charge in [-0.2, -0.15) is 5.10 Å². The number of benzene rings is 2. The number of rotatable bonds is 2. The number of nitrogen functional groups attached to an aromatic ring is 1. The molecule has 3 rings (SSSR count). The Kier molecular flexibility index (Phi) is 3.21. The number of aryl methyl sites for hydroxylation is 1. The number of carbonyl (C=O) groups is 1. The third-order valence-corrected chi connectivity index (χ3v) is 3.42. The summed E-state index contributed by atoms with van der Waals surface area (Å²) in [4.78, 5) is 12.0. The summed E-state index contributed by atoms with van der Waals surface area (Å²) in [6.45, 7) is 0. The minimum absolute atomic E-state index is 0.220. The van der Waals surface area contributed by atoms with Crippen molar-refractivity contribution in [1.29, 1.82) is 0 Å². The lowest BCUT2D eigenvalue weighted by Gasteiger charge is -2.03. The maximum atomic E-state index is 12.0. The van der Waals surface area contributed by atoms with Crippen LogP contribution in [0, 0.1) is 0 Å². The highest BCUT2D eigenvalue weighted by Gasteiger charge is 2.17. The Labute approximate surface area is 117 Å². The van der Waals surface area contributed by atoms with Crippen molar-refractivity contribution in [2.45, 2.75) is 12.8 Å². The molecule has 0 saturated heterocycles. The number of amides is 1. The first-order valence-corrected chi connectivity index (χ1v) is 6.55. The number of nitrogens with one attached hydrogen (secondary N) is 1. The molecule has 0 heterocycles. The van der Waals surface area contributed by atoms with E-state index in [1.54, 1.807) is 24.3 Å². The van der Waals surface area contributed by atoms with Gasteiger partial charge in [-0.3, -0.25) is 4.79 Å². The molecule has 0 atom stereocenters. The molecular formula is C16H15N3O. The van der Waals surface area contributed by atoms with Crippen LogP contribution < -0.4 is 11.2 Å². The standard InChI is InChI=1S/C16H15N3O/c17-13-8-5-12(6-9-13)16(20)19-18-15-10-7-11-3-1-2-4-14(11)15/h1-6,8-9H,7,10,17H2,(H,19,20)/b18-15-. The minimum Gasteiger partial charge on any atom is -0.399 e. The van der Waals surface area contributed by atoms with Crippen LogP contribution in [0.2, 0.25) is 0 Å². The van der Waals surface area contributed by atoms with Gasteiger partial charge < -0.3 is 5.73 Å². The predicted octanol–water partition coefficient (Wildman–Crippen LogP) is 2.35. The molecule has 0 bridgehead atoms. The third-order valence-electron chi connectivity index (χ3n) is 3.42. The first-order chi connectivity index (χ1) is 9.74. The predicted molar refractivity (Wildman–Crippen MR) is 79.6 cm³/mol. The number of hydrazone groups is 1. The SMILES string of the molecule is Nc1ccc(C(=O)N/N=C2/CCc3ccccc32)cc1. The summed E-state index contributed by atoms with van der Waals surface area (Å²) in [5, 5.41) is 4.25. The highest BCUT2D eigenvalue weighted by molar-refractivity contribution is 6.05. The lowest BCUT2D eigenvalue weighted by molar-refractivity contribution is 0.0955. The molecule has 0 saturated carbocycles. The minimum atomic E-state index is -0.220. The summed E-state index contributed by atoms with van der Waals surface area (Å²) < 4.78 is 0. The van der Waals surface area contributed by atoms with Crippen molar-refractivity contribution < 1.29 is 4.79 Å². The Morgan fingerprint density at radius 2 is 1.80 bits per heavy atom. The molecule has 20 heavy (non-hydrogen) atoms. The van der Waals surface area contributed by atoms with Gasteiger partial charge in [0.25, 0.3) is 5.91 Å². The molecule has 0 unspecified atom stereocenters. The quantitative estimate of drug-likeness (QED) is 0.646. The number of nitrogens with zero attached hydrogens (tertiary/aromatic N) is 1. The number of nitrogens with two attached hydrogens (primary N) is 1. The Morgan fingerprint density at radius 3 is 2.60 bits per heavy atom. The fourth-order valence-electron chi connectivity index (χ4n) is 2.34. The first kappa shape index (κ1) is 12.4. The maximum absolute atomic E-state index is 12.0. The average Bonchev–Trinajstić information content (AvgIpc) is 2.89. The van der Waals surface area contributed by atoms with Gasteiger partial charge in [0.2, 0.25) is 0 Å². The molecule has 0 radical (unpaired) electrons. The Bertz CT molecular complexity index is 674. The zero-order valence-corrected chi connectivity index (χ0v) is 11.0. The van der Waals surface area contributed by atoms with Crippen LogP contribution in [0.25, 0.3) is 0 Å². The Balaban J connectivity index is 1.75. The van der Waals surface area contributed by atoms with Crippen molar-refractivity contribution in [3.05, 3.63) is 65.2 Å². The van der Waals surface area contributed by atoms with Gasteiger partial charge in [-0.15, -0.1) is 0 Å². The molecule has 1 aliphatic carbocycles. The van der Waals surface area contributed by atoms with Crippen molar-refractivity contribution in [3.8, 4) is 0 Å². The van der Waals surface area contributed by atoms with E-state index < -0.39 is 0 Å². The van der Waals surface area contributed by atoms with Gasteiger partial charge in [-0.05, 0) is 42.7 Å². The van der Waals surface area contributed by atoms with Crippen LogP contribution in [-0.4, -0.2) is 11.6 Å². The normalized spacial score (nSPS) is 15.1. The molecule has 100 valence electrons. The molecule has 2 aromatic carbocycles. The summed E-state index contributed by atoms with van der Waals surface area (Å²) in [6.07, 6.45) is 1.84. The second-order valence-electron chi connectivity index (χ2n) is 4.78. The summed E-state index contributed by atoms with van der Waals surface area (Å²) in [7, 11) is 0. The van der Waals surface area contributed by atoms with Gasteiger partial charge in [0, 0.05) is 16.8 Å². The highest BCUT2D eigenvalue weighted by atomic mass is 16.2. The lowest BCUT2D eigenvalue weighted by Crippen LogP contribution is -2.19. The molecule has 4 nitrogen and oxygen atoms in total. The molecular weight excluding hydrogens is 250 g/mol. The van der Waals surface area contributed by atoms with E-state index in [0.717, 1.165) is 24.1 Å². The van der Waals surface area contributed by atoms with Gasteiger partial charge in [0.15, 0.2) is 0 Å². The first-order valence-electron chi connectivity index (χ1n) is 6.55. The van der Waals surface area contributed by atoms with Crippen LogP contribution in [0.3, 0.4) is 0 Å². The van der Waals surface area contributed by atoms with E-state index in [0.29, 0.717) is 11.3 Å². The molecule has 1 aliphatic rings. The van der Waals surface area contributed by atoms with Crippen LogP contribution in [0.1, 0.15) is 27.9 Å². The number of hydrogen-bond donors (Lipinski definition) is 2. The topological polar surface area (TPSA) is 67.5 Å². The Morgan fingerprint density at radius 1 is 1.05 bits per heavy atom. The van der Waals surface area contributed by atoms with Crippen molar-refractivity contribution in [1.82, 2.24) is 5.43 Å². The van der Waals surface area contributed by atoms with Gasteiger partial charge in [-0.1, -0.05) is 24.3 Å². The van der Waals surface area contributed by atoms with Crippen LogP contribution in [0.15, 0.2) is 53.6 Å². The maximum Gasteiger partial charge on any atom is 0.271 e. The van der Waals surface area contributed by atoms with E-state index >= 15 is 0 Å². The average molecular weight is 265 g/mol. The van der Waals surface area contributed by atoms with Crippen molar-refractivity contribution >= 4 is 17.3 Å². The third kappa shape index (κ3) is 2.40. The van der Waals surface area contributed by atoms with Gasteiger partial charge in [0.1, 0.15) is 0 Å². The van der Waals surface area contributed by atoms with E-state index in [4.69, 9.17) is 5.73 Å². The van der Waals surface area contributed by atoms with E-state index in [1.165, 1.54) is 5.56 Å². The lowest BCUT2D eigenvalue weighted by atomic mass is 10.1. The van der Waals surface area contributed by atoms with Gasteiger partial charge in [-0.25, -0.2) is 5.43 Å². The van der Waals surface area contributed by atoms with Crippen LogP contribution in [0.4, 0.5) is 5.69 Å². The van der Waals surface area contributed by atoms with Gasteiger partial charge >= 0.3 is 0 Å². The van der Waals surface area contributed by atoms with Crippen molar-refractivity contribution in [2.75, 3.05) is 5.73 Å². The zero-order valence-electron chi connectivity index (χ0n) is 11.0. The monoisotopic (exact) mass is 265 g/mol. The molecule has 0 aliphatic heterocycles. The number of carbonyl (C=O) groups excluding carboxylic acids is 1. The zero-order chi connectivity index (χ0) is 13.9. The molecule has 3 N–H and O–H groups in total. The van der Waals surface area contributed by atoms with Gasteiger partial charge in [0.05, 0.1) is 5.71 Å². The van der Waals surface area contributed by atoms with Crippen molar-refractivity contribution in [2.24, 2.45) is 5.10 Å². The second kappa shape index (κ2) is 5.17.